The molecule has 13 heteroatoms. The fourth-order valence-electron chi connectivity index (χ4n) is 3.59. The Bertz CT molecular complexity index is 1350. The van der Waals surface area contributed by atoms with E-state index in [4.69, 9.17) is 14.6 Å². The molecule has 0 amide bonds. The van der Waals surface area contributed by atoms with Crippen LogP contribution in [0.4, 0.5) is 30.8 Å². The normalized spacial score (nSPS) is 14.3. The Morgan fingerprint density at radius 2 is 1.51 bits per heavy atom. The minimum Gasteiger partial charge on any atom is -0.478 e. The fourth-order valence-corrected chi connectivity index (χ4v) is 3.59. The van der Waals surface area contributed by atoms with Gasteiger partial charge in [-0.3, -0.25) is 0 Å². The van der Waals surface area contributed by atoms with E-state index in [-0.39, 0.29) is 17.5 Å². The van der Waals surface area contributed by atoms with Crippen molar-refractivity contribution in [3.8, 4) is 6.01 Å². The van der Waals surface area contributed by atoms with Gasteiger partial charge in [-0.05, 0) is 75.6 Å². The number of aromatic carboxylic acids is 1. The number of esters is 1. The number of halogens is 3. The molecule has 0 unspecified atom stereocenters. The standard InChI is InChI=1S/C26H26F3N5O5/c1-24(2,3)39-20(37)16-6-10-18(11-7-16)30-21-31-22(33-23(32-21)38-14-26(27,28)29)34-25(12-13-25)17-8-4-15(5-9-17)19(35)36/h4-11H,12-14H2,1-3H3,(H,35,36)(H2,30,31,32,33,34). The fraction of sp³-hybridized carbons (Fsp3) is 0.346. The van der Waals surface area contributed by atoms with Gasteiger partial charge in [-0.2, -0.15) is 28.1 Å². The summed E-state index contributed by atoms with van der Waals surface area (Å²) in [4.78, 5) is 35.6. The Morgan fingerprint density at radius 1 is 0.923 bits per heavy atom. The number of hydrogen-bond acceptors (Lipinski definition) is 9. The summed E-state index contributed by atoms with van der Waals surface area (Å²) in [7, 11) is 0. The molecule has 39 heavy (non-hydrogen) atoms. The molecule has 0 aliphatic heterocycles. The number of carbonyl (C=O) groups excluding carboxylic acids is 1. The lowest BCUT2D eigenvalue weighted by atomic mass is 10.0. The van der Waals surface area contributed by atoms with Crippen LogP contribution in [0.1, 0.15) is 59.9 Å². The molecule has 1 fully saturated rings. The molecule has 1 aromatic heterocycles. The number of alkyl halides is 3. The highest BCUT2D eigenvalue weighted by molar-refractivity contribution is 5.90. The van der Waals surface area contributed by atoms with Crippen molar-refractivity contribution in [2.45, 2.75) is 50.9 Å². The molecule has 2 aromatic carbocycles. The number of carbonyl (C=O) groups is 2. The van der Waals surface area contributed by atoms with E-state index in [2.05, 4.69) is 25.6 Å². The molecule has 0 saturated heterocycles. The Hall–Kier alpha value is -4.42. The first-order valence-electron chi connectivity index (χ1n) is 11.9. The third-order valence-corrected chi connectivity index (χ3v) is 5.54. The van der Waals surface area contributed by atoms with E-state index in [1.54, 1.807) is 45.0 Å². The van der Waals surface area contributed by atoms with Crippen LogP contribution in [0.25, 0.3) is 0 Å². The molecular weight excluding hydrogens is 519 g/mol. The molecule has 1 aliphatic carbocycles. The van der Waals surface area contributed by atoms with Crippen molar-refractivity contribution in [3.05, 3.63) is 65.2 Å². The highest BCUT2D eigenvalue weighted by Crippen LogP contribution is 2.48. The van der Waals surface area contributed by atoms with Crippen LogP contribution in [0.2, 0.25) is 0 Å². The Kier molecular flexibility index (Phi) is 7.35. The molecule has 0 atom stereocenters. The van der Waals surface area contributed by atoms with E-state index in [0.29, 0.717) is 24.1 Å². The molecule has 10 nitrogen and oxygen atoms in total. The van der Waals surface area contributed by atoms with Crippen molar-refractivity contribution in [1.29, 1.82) is 0 Å². The smallest absolute Gasteiger partial charge is 0.422 e. The van der Waals surface area contributed by atoms with Crippen LogP contribution < -0.4 is 15.4 Å². The average molecular weight is 546 g/mol. The van der Waals surface area contributed by atoms with Crippen LogP contribution >= 0.6 is 0 Å². The highest BCUT2D eigenvalue weighted by atomic mass is 19.4. The van der Waals surface area contributed by atoms with Gasteiger partial charge in [0.2, 0.25) is 11.9 Å². The first-order chi connectivity index (χ1) is 18.2. The Labute approximate surface area is 221 Å². The number of nitrogens with one attached hydrogen (secondary N) is 2. The minimum absolute atomic E-state index is 0.0325. The number of ether oxygens (including phenoxy) is 2. The van der Waals surface area contributed by atoms with Crippen molar-refractivity contribution in [3.63, 3.8) is 0 Å². The second-order valence-electron chi connectivity index (χ2n) is 9.96. The SMILES string of the molecule is CC(C)(C)OC(=O)c1ccc(Nc2nc(NC3(c4ccc(C(=O)O)cc4)CC3)nc(OCC(F)(F)F)n2)cc1. The number of benzene rings is 2. The predicted octanol–water partition coefficient (Wildman–Crippen LogP) is 5.31. The van der Waals surface area contributed by atoms with Crippen LogP contribution in [0, 0.1) is 0 Å². The van der Waals surface area contributed by atoms with Gasteiger partial charge in [0, 0.05) is 5.69 Å². The summed E-state index contributed by atoms with van der Waals surface area (Å²) in [5.41, 5.74) is 0.386. The third-order valence-electron chi connectivity index (χ3n) is 5.54. The van der Waals surface area contributed by atoms with Gasteiger partial charge in [0.25, 0.3) is 0 Å². The molecule has 0 radical (unpaired) electrons. The Balaban J connectivity index is 1.56. The minimum atomic E-state index is -4.60. The number of aromatic nitrogens is 3. The van der Waals surface area contributed by atoms with Crippen molar-refractivity contribution in [1.82, 2.24) is 15.0 Å². The van der Waals surface area contributed by atoms with E-state index in [9.17, 15) is 22.8 Å². The zero-order valence-electron chi connectivity index (χ0n) is 21.3. The lowest BCUT2D eigenvalue weighted by Gasteiger charge is -2.19. The highest BCUT2D eigenvalue weighted by Gasteiger charge is 2.45. The molecule has 3 aromatic rings. The monoisotopic (exact) mass is 545 g/mol. The lowest BCUT2D eigenvalue weighted by molar-refractivity contribution is -0.154. The summed E-state index contributed by atoms with van der Waals surface area (Å²) in [6.07, 6.45) is -3.27. The molecule has 1 aliphatic rings. The van der Waals surface area contributed by atoms with E-state index >= 15 is 0 Å². The summed E-state index contributed by atoms with van der Waals surface area (Å²) in [6.45, 7) is 3.66. The maximum Gasteiger partial charge on any atom is 0.422 e. The predicted molar refractivity (Wildman–Crippen MR) is 134 cm³/mol. The van der Waals surface area contributed by atoms with E-state index < -0.39 is 41.9 Å². The number of rotatable bonds is 9. The number of nitrogens with zero attached hydrogens (tertiary/aromatic N) is 3. The van der Waals surface area contributed by atoms with Crippen LogP contribution in [0.3, 0.4) is 0 Å². The van der Waals surface area contributed by atoms with Crippen molar-refractivity contribution < 1.29 is 37.3 Å². The van der Waals surface area contributed by atoms with Crippen molar-refractivity contribution in [2.24, 2.45) is 0 Å². The maximum absolute atomic E-state index is 12.8. The summed E-state index contributed by atoms with van der Waals surface area (Å²) < 4.78 is 48.5. The largest absolute Gasteiger partial charge is 0.478 e. The topological polar surface area (TPSA) is 136 Å². The van der Waals surface area contributed by atoms with Crippen molar-refractivity contribution in [2.75, 3.05) is 17.2 Å². The van der Waals surface area contributed by atoms with E-state index in [0.717, 1.165) is 5.56 Å². The molecule has 1 saturated carbocycles. The first kappa shape index (κ1) is 27.6. The van der Waals surface area contributed by atoms with Gasteiger partial charge in [-0.15, -0.1) is 0 Å². The summed E-state index contributed by atoms with van der Waals surface area (Å²) >= 11 is 0. The first-order valence-corrected chi connectivity index (χ1v) is 11.9. The average Bonchev–Trinajstić information content (AvgIpc) is 3.62. The van der Waals surface area contributed by atoms with Crippen LogP contribution in [0.15, 0.2) is 48.5 Å². The van der Waals surface area contributed by atoms with Crippen LogP contribution in [-0.2, 0) is 10.3 Å². The second kappa shape index (κ2) is 10.4. The quantitative estimate of drug-likeness (QED) is 0.304. The van der Waals surface area contributed by atoms with Crippen molar-refractivity contribution >= 4 is 29.5 Å². The number of carboxylic acid groups (broad SMARTS) is 1. The van der Waals surface area contributed by atoms with E-state index in [1.165, 1.54) is 24.3 Å². The zero-order valence-corrected chi connectivity index (χ0v) is 21.3. The van der Waals surface area contributed by atoms with E-state index in [1.807, 2.05) is 0 Å². The van der Waals surface area contributed by atoms with Gasteiger partial charge in [0.1, 0.15) is 5.60 Å². The summed E-state index contributed by atoms with van der Waals surface area (Å²) in [5.74, 6) is -1.69. The molecule has 4 rings (SSSR count). The number of anilines is 3. The van der Waals surface area contributed by atoms with Crippen LogP contribution in [0.5, 0.6) is 6.01 Å². The molecule has 206 valence electrons. The summed E-state index contributed by atoms with van der Waals surface area (Å²) in [6, 6.07) is 11.9. The molecule has 3 N–H and O–H groups in total. The lowest BCUT2D eigenvalue weighted by Crippen LogP contribution is -2.23. The molecule has 1 heterocycles. The molecular formula is C26H26F3N5O5. The van der Waals surface area contributed by atoms with Gasteiger partial charge >= 0.3 is 24.1 Å². The third kappa shape index (κ3) is 7.55. The van der Waals surface area contributed by atoms with Gasteiger partial charge in [0.05, 0.1) is 16.7 Å². The summed E-state index contributed by atoms with van der Waals surface area (Å²) in [5, 5.41) is 15.2. The van der Waals surface area contributed by atoms with Gasteiger partial charge in [-0.1, -0.05) is 12.1 Å². The van der Waals surface area contributed by atoms with Gasteiger partial charge < -0.3 is 25.2 Å². The number of carboxylic acids is 1. The Morgan fingerprint density at radius 3 is 2.05 bits per heavy atom. The number of hydrogen-bond donors (Lipinski definition) is 3. The van der Waals surface area contributed by atoms with Crippen LogP contribution in [-0.4, -0.2) is 50.4 Å². The molecule has 0 spiro atoms. The van der Waals surface area contributed by atoms with Gasteiger partial charge in [0.15, 0.2) is 6.61 Å². The van der Waals surface area contributed by atoms with Gasteiger partial charge in [-0.25, -0.2) is 9.59 Å². The zero-order chi connectivity index (χ0) is 28.4. The molecule has 0 bridgehead atoms. The second-order valence-corrected chi connectivity index (χ2v) is 9.96. The maximum atomic E-state index is 12.8.